The Morgan fingerprint density at radius 1 is 1.10 bits per heavy atom. The number of anilines is 1. The zero-order valence-corrected chi connectivity index (χ0v) is 13.0. The number of carbonyl (C=O) groups excluding carboxylic acids is 1. The number of aryl methyl sites for hydroxylation is 2. The minimum absolute atomic E-state index is 0.0438. The fraction of sp³-hybridized carbons (Fsp3) is 0.235. The Bertz CT molecular complexity index is 623. The van der Waals surface area contributed by atoms with E-state index in [-0.39, 0.29) is 12.5 Å². The van der Waals surface area contributed by atoms with Gasteiger partial charge in [0.25, 0.3) is 0 Å². The molecule has 0 aliphatic heterocycles. The van der Waals surface area contributed by atoms with Gasteiger partial charge in [-0.2, -0.15) is 0 Å². The number of hydrogen-bond donors (Lipinski definition) is 2. The fourth-order valence-electron chi connectivity index (χ4n) is 1.99. The van der Waals surface area contributed by atoms with Gasteiger partial charge in [-0.05, 0) is 48.7 Å². The second kappa shape index (κ2) is 7.25. The molecule has 2 aromatic carbocycles. The monoisotopic (exact) mass is 302 g/mol. The molecule has 2 aromatic rings. The van der Waals surface area contributed by atoms with Crippen LogP contribution in [-0.4, -0.2) is 12.5 Å². The van der Waals surface area contributed by atoms with Crippen molar-refractivity contribution in [1.82, 2.24) is 5.32 Å². The van der Waals surface area contributed by atoms with Crippen LogP contribution in [-0.2, 0) is 11.3 Å². The lowest BCUT2D eigenvalue weighted by molar-refractivity contribution is -0.115. The quantitative estimate of drug-likeness (QED) is 0.884. The Kier molecular flexibility index (Phi) is 5.37. The van der Waals surface area contributed by atoms with Gasteiger partial charge in [0, 0.05) is 17.3 Å². The molecule has 2 N–H and O–H groups in total. The van der Waals surface area contributed by atoms with Crippen LogP contribution in [0.3, 0.4) is 0 Å². The average molecular weight is 303 g/mol. The zero-order valence-electron chi connectivity index (χ0n) is 12.2. The Labute approximate surface area is 130 Å². The third kappa shape index (κ3) is 4.88. The maximum absolute atomic E-state index is 11.9. The number of hydrogen-bond acceptors (Lipinski definition) is 2. The van der Waals surface area contributed by atoms with Crippen molar-refractivity contribution in [2.75, 3.05) is 11.9 Å². The fourth-order valence-corrected chi connectivity index (χ4v) is 2.11. The highest BCUT2D eigenvalue weighted by Gasteiger charge is 2.04. The van der Waals surface area contributed by atoms with Crippen LogP contribution in [0.5, 0.6) is 0 Å². The van der Waals surface area contributed by atoms with Gasteiger partial charge in [0.05, 0.1) is 6.54 Å². The van der Waals surface area contributed by atoms with E-state index in [0.717, 1.165) is 22.4 Å². The largest absolute Gasteiger partial charge is 0.325 e. The second-order valence-corrected chi connectivity index (χ2v) is 5.53. The van der Waals surface area contributed by atoms with Crippen LogP contribution in [0.25, 0.3) is 0 Å². The first-order valence-electron chi connectivity index (χ1n) is 6.87. The first-order valence-corrected chi connectivity index (χ1v) is 7.24. The third-order valence-corrected chi connectivity index (χ3v) is 3.45. The smallest absolute Gasteiger partial charge is 0.238 e. The van der Waals surface area contributed by atoms with Crippen molar-refractivity contribution >= 4 is 23.2 Å². The Morgan fingerprint density at radius 3 is 2.52 bits per heavy atom. The van der Waals surface area contributed by atoms with Crippen LogP contribution in [0.4, 0.5) is 5.69 Å². The summed E-state index contributed by atoms with van der Waals surface area (Å²) in [4.78, 5) is 11.9. The molecule has 2 rings (SSSR count). The molecule has 0 unspecified atom stereocenters. The van der Waals surface area contributed by atoms with Crippen molar-refractivity contribution in [3.63, 3.8) is 0 Å². The molecule has 0 aliphatic carbocycles. The lowest BCUT2D eigenvalue weighted by Gasteiger charge is -2.10. The Hall–Kier alpha value is -1.84. The number of rotatable bonds is 5. The predicted molar refractivity (Wildman–Crippen MR) is 87.7 cm³/mol. The van der Waals surface area contributed by atoms with E-state index in [1.807, 2.05) is 56.3 Å². The van der Waals surface area contributed by atoms with Crippen molar-refractivity contribution in [2.24, 2.45) is 0 Å². The van der Waals surface area contributed by atoms with Crippen LogP contribution in [0, 0.1) is 13.8 Å². The molecule has 0 heterocycles. The normalized spacial score (nSPS) is 10.4. The summed E-state index contributed by atoms with van der Waals surface area (Å²) in [6.45, 7) is 4.90. The summed E-state index contributed by atoms with van der Waals surface area (Å²) >= 11 is 5.83. The maximum atomic E-state index is 11.9. The van der Waals surface area contributed by atoms with Crippen molar-refractivity contribution in [3.05, 3.63) is 64.2 Å². The molecule has 0 fully saturated rings. The molecule has 0 aromatic heterocycles. The van der Waals surface area contributed by atoms with Gasteiger partial charge in [0.15, 0.2) is 0 Å². The predicted octanol–water partition coefficient (Wildman–Crippen LogP) is 3.69. The van der Waals surface area contributed by atoms with Gasteiger partial charge in [-0.25, -0.2) is 0 Å². The van der Waals surface area contributed by atoms with Crippen molar-refractivity contribution in [2.45, 2.75) is 20.4 Å². The van der Waals surface area contributed by atoms with Gasteiger partial charge in [-0.1, -0.05) is 35.9 Å². The zero-order chi connectivity index (χ0) is 15.2. The molecule has 0 radical (unpaired) electrons. The molecular formula is C17H19ClN2O. The molecule has 1 amide bonds. The molecule has 21 heavy (non-hydrogen) atoms. The van der Waals surface area contributed by atoms with E-state index in [2.05, 4.69) is 10.6 Å². The summed E-state index contributed by atoms with van der Waals surface area (Å²) < 4.78 is 0. The van der Waals surface area contributed by atoms with Gasteiger partial charge < -0.3 is 10.6 Å². The van der Waals surface area contributed by atoms with E-state index < -0.39 is 0 Å². The molecule has 0 saturated heterocycles. The highest BCUT2D eigenvalue weighted by Crippen LogP contribution is 2.16. The topological polar surface area (TPSA) is 41.1 Å². The number of nitrogens with one attached hydrogen (secondary N) is 2. The molecule has 0 bridgehead atoms. The van der Waals surface area contributed by atoms with E-state index in [9.17, 15) is 4.79 Å². The lowest BCUT2D eigenvalue weighted by atomic mass is 10.1. The summed E-state index contributed by atoms with van der Waals surface area (Å²) in [6.07, 6.45) is 0. The first kappa shape index (κ1) is 15.5. The van der Waals surface area contributed by atoms with E-state index in [1.165, 1.54) is 0 Å². The van der Waals surface area contributed by atoms with E-state index in [1.54, 1.807) is 0 Å². The van der Waals surface area contributed by atoms with Gasteiger partial charge in [-0.3, -0.25) is 4.79 Å². The minimum Gasteiger partial charge on any atom is -0.325 e. The van der Waals surface area contributed by atoms with Crippen LogP contribution in [0.2, 0.25) is 5.02 Å². The molecule has 4 heteroatoms. The third-order valence-electron chi connectivity index (χ3n) is 3.20. The number of carbonyl (C=O) groups is 1. The highest BCUT2D eigenvalue weighted by atomic mass is 35.5. The van der Waals surface area contributed by atoms with Gasteiger partial charge in [-0.15, -0.1) is 0 Å². The summed E-state index contributed by atoms with van der Waals surface area (Å²) in [5.41, 5.74) is 4.16. The van der Waals surface area contributed by atoms with E-state index in [4.69, 9.17) is 11.6 Å². The molecule has 110 valence electrons. The molecule has 0 atom stereocenters. The summed E-state index contributed by atoms with van der Waals surface area (Å²) in [5.74, 6) is -0.0438. The van der Waals surface area contributed by atoms with Crippen molar-refractivity contribution < 1.29 is 4.79 Å². The number of benzene rings is 2. The SMILES string of the molecule is Cc1ccc(C)c(NC(=O)CNCc2ccc(Cl)cc2)c1. The molecule has 0 spiro atoms. The average Bonchev–Trinajstić information content (AvgIpc) is 2.45. The molecule has 0 aliphatic rings. The standard InChI is InChI=1S/C17H19ClN2O/c1-12-3-4-13(2)16(9-12)20-17(21)11-19-10-14-5-7-15(18)8-6-14/h3-9,19H,10-11H2,1-2H3,(H,20,21). The summed E-state index contributed by atoms with van der Waals surface area (Å²) in [7, 11) is 0. The van der Waals surface area contributed by atoms with Crippen molar-refractivity contribution in [3.8, 4) is 0 Å². The van der Waals surface area contributed by atoms with Crippen LogP contribution >= 0.6 is 11.6 Å². The van der Waals surface area contributed by atoms with Crippen LogP contribution in [0.1, 0.15) is 16.7 Å². The molecule has 3 nitrogen and oxygen atoms in total. The summed E-state index contributed by atoms with van der Waals surface area (Å²) in [5, 5.41) is 6.76. The number of halogens is 1. The van der Waals surface area contributed by atoms with Gasteiger partial charge in [0.2, 0.25) is 5.91 Å². The first-order chi connectivity index (χ1) is 10.0. The van der Waals surface area contributed by atoms with Crippen LogP contribution < -0.4 is 10.6 Å². The maximum Gasteiger partial charge on any atom is 0.238 e. The second-order valence-electron chi connectivity index (χ2n) is 5.10. The lowest BCUT2D eigenvalue weighted by Crippen LogP contribution is -2.28. The Balaban J connectivity index is 1.82. The highest BCUT2D eigenvalue weighted by molar-refractivity contribution is 6.30. The summed E-state index contributed by atoms with van der Waals surface area (Å²) in [6, 6.07) is 13.6. The van der Waals surface area contributed by atoms with Crippen molar-refractivity contribution in [1.29, 1.82) is 0 Å². The number of amides is 1. The Morgan fingerprint density at radius 2 is 1.81 bits per heavy atom. The van der Waals surface area contributed by atoms with Crippen LogP contribution in [0.15, 0.2) is 42.5 Å². The van der Waals surface area contributed by atoms with Gasteiger partial charge in [0.1, 0.15) is 0 Å². The van der Waals surface area contributed by atoms with E-state index in [0.29, 0.717) is 11.6 Å². The molecular weight excluding hydrogens is 284 g/mol. The molecule has 0 saturated carbocycles. The van der Waals surface area contributed by atoms with E-state index >= 15 is 0 Å². The van der Waals surface area contributed by atoms with Gasteiger partial charge >= 0.3 is 0 Å². The minimum atomic E-state index is -0.0438.